The number of nitriles is 3. The highest BCUT2D eigenvalue weighted by molar-refractivity contribution is 6.06. The van der Waals surface area contributed by atoms with Gasteiger partial charge in [-0.05, 0) is 6.92 Å². The topological polar surface area (TPSA) is 147 Å². The van der Waals surface area contributed by atoms with Crippen molar-refractivity contribution in [3.05, 3.63) is 22.4 Å². The van der Waals surface area contributed by atoms with E-state index in [2.05, 4.69) is 10.1 Å². The molecule has 0 radical (unpaired) electrons. The summed E-state index contributed by atoms with van der Waals surface area (Å²) >= 11 is 0. The second-order valence-electron chi connectivity index (χ2n) is 3.72. The van der Waals surface area contributed by atoms with Gasteiger partial charge >= 0.3 is 5.97 Å². The maximum absolute atomic E-state index is 11.6. The Bertz CT molecular complexity index is 668. The fraction of sp³-hybridized carbons (Fsp3) is 0.250. The number of carbonyl (C=O) groups excluding carboxylic acids is 2. The fourth-order valence-electron chi connectivity index (χ4n) is 1.78. The van der Waals surface area contributed by atoms with Crippen LogP contribution in [0.1, 0.15) is 6.92 Å². The number of nitrogens with one attached hydrogen (secondary N) is 1. The first kappa shape index (κ1) is 14.9. The molecule has 2 N–H and O–H groups in total. The molecular formula is C12H8N4O4. The second kappa shape index (κ2) is 5.23. The van der Waals surface area contributed by atoms with E-state index >= 15 is 0 Å². The molecule has 0 aromatic rings. The lowest BCUT2D eigenvalue weighted by molar-refractivity contribution is -0.160. The monoisotopic (exact) mass is 272 g/mol. The van der Waals surface area contributed by atoms with Gasteiger partial charge in [0.2, 0.25) is 0 Å². The van der Waals surface area contributed by atoms with E-state index in [1.165, 1.54) is 12.1 Å². The standard InChI is InChI=1S/C12H8N4O4/c1-6(17)9-8(5-15)10(7(3-13)4-14)16-12(9,19)11(18)20-2/h16,19H,1-2H3. The lowest BCUT2D eigenvalue weighted by atomic mass is 9.97. The van der Waals surface area contributed by atoms with Crippen LogP contribution in [0, 0.1) is 34.0 Å². The van der Waals surface area contributed by atoms with Gasteiger partial charge in [-0.15, -0.1) is 0 Å². The van der Waals surface area contributed by atoms with Crippen molar-refractivity contribution in [3.8, 4) is 18.2 Å². The van der Waals surface area contributed by atoms with Crippen molar-refractivity contribution in [2.75, 3.05) is 7.11 Å². The number of carbonyl (C=O) groups is 2. The van der Waals surface area contributed by atoms with Crippen LogP contribution < -0.4 is 5.32 Å². The third-order valence-electron chi connectivity index (χ3n) is 2.59. The molecule has 0 spiro atoms. The van der Waals surface area contributed by atoms with Gasteiger partial charge < -0.3 is 15.2 Å². The van der Waals surface area contributed by atoms with Crippen molar-refractivity contribution >= 4 is 11.8 Å². The van der Waals surface area contributed by atoms with Crippen LogP contribution in [-0.2, 0) is 14.3 Å². The molecule has 0 bridgehead atoms. The number of nitrogens with zero attached hydrogens (tertiary/aromatic N) is 3. The molecule has 8 heteroatoms. The van der Waals surface area contributed by atoms with Crippen LogP contribution in [0.5, 0.6) is 0 Å². The molecule has 1 heterocycles. The molecule has 0 amide bonds. The van der Waals surface area contributed by atoms with Gasteiger partial charge in [-0.25, -0.2) is 4.79 Å². The van der Waals surface area contributed by atoms with Gasteiger partial charge in [-0.1, -0.05) is 0 Å². The molecule has 0 saturated heterocycles. The molecule has 1 atom stereocenters. The number of ether oxygens (including phenoxy) is 1. The Morgan fingerprint density at radius 3 is 2.20 bits per heavy atom. The maximum atomic E-state index is 11.6. The predicted molar refractivity (Wildman–Crippen MR) is 61.7 cm³/mol. The first-order valence-corrected chi connectivity index (χ1v) is 5.17. The summed E-state index contributed by atoms with van der Waals surface area (Å²) in [4.78, 5) is 23.2. The van der Waals surface area contributed by atoms with Crippen molar-refractivity contribution in [2.24, 2.45) is 0 Å². The number of hydrogen-bond donors (Lipinski definition) is 2. The molecule has 0 saturated carbocycles. The molecule has 1 aliphatic heterocycles. The zero-order valence-electron chi connectivity index (χ0n) is 10.5. The Balaban J connectivity index is 3.75. The summed E-state index contributed by atoms with van der Waals surface area (Å²) < 4.78 is 4.37. The van der Waals surface area contributed by atoms with Gasteiger partial charge in [0.15, 0.2) is 11.4 Å². The molecule has 0 aliphatic carbocycles. The summed E-state index contributed by atoms with van der Waals surface area (Å²) in [5.41, 5.74) is -4.52. The Morgan fingerprint density at radius 2 is 1.85 bits per heavy atom. The summed E-state index contributed by atoms with van der Waals surface area (Å²) in [6.45, 7) is 1.03. The molecule has 1 unspecified atom stereocenters. The number of hydrogen-bond acceptors (Lipinski definition) is 8. The third kappa shape index (κ3) is 1.99. The minimum Gasteiger partial charge on any atom is -0.465 e. The van der Waals surface area contributed by atoms with E-state index in [0.29, 0.717) is 0 Å². The van der Waals surface area contributed by atoms with Gasteiger partial charge in [0.1, 0.15) is 18.2 Å². The van der Waals surface area contributed by atoms with E-state index in [9.17, 15) is 14.7 Å². The summed E-state index contributed by atoms with van der Waals surface area (Å²) in [5.74, 6) is -2.01. The lowest BCUT2D eigenvalue weighted by Gasteiger charge is -2.22. The van der Waals surface area contributed by atoms with E-state index in [-0.39, 0.29) is 5.70 Å². The Kier molecular flexibility index (Phi) is 3.90. The highest BCUT2D eigenvalue weighted by atomic mass is 16.5. The zero-order chi connectivity index (χ0) is 15.5. The maximum Gasteiger partial charge on any atom is 0.364 e. The highest BCUT2D eigenvalue weighted by Gasteiger charge is 2.52. The average molecular weight is 272 g/mol. The van der Waals surface area contributed by atoms with Gasteiger partial charge in [0, 0.05) is 0 Å². The van der Waals surface area contributed by atoms with Crippen molar-refractivity contribution in [3.63, 3.8) is 0 Å². The van der Waals surface area contributed by atoms with E-state index in [0.717, 1.165) is 14.0 Å². The average Bonchev–Trinajstić information content (AvgIpc) is 2.73. The van der Waals surface area contributed by atoms with E-state index in [1.807, 2.05) is 0 Å². The first-order valence-electron chi connectivity index (χ1n) is 5.17. The Hall–Kier alpha value is -3.15. The van der Waals surface area contributed by atoms with Gasteiger partial charge in [0.05, 0.1) is 24.0 Å². The Morgan fingerprint density at radius 1 is 1.30 bits per heavy atom. The van der Waals surface area contributed by atoms with E-state index in [4.69, 9.17) is 15.8 Å². The summed E-state index contributed by atoms with van der Waals surface area (Å²) in [5, 5.41) is 39.1. The third-order valence-corrected chi connectivity index (χ3v) is 2.59. The van der Waals surface area contributed by atoms with Crippen LogP contribution in [0.15, 0.2) is 22.4 Å². The van der Waals surface area contributed by atoms with Crippen LogP contribution in [0.4, 0.5) is 0 Å². The molecule has 100 valence electrons. The molecule has 0 fully saturated rings. The molecule has 1 rings (SSSR count). The van der Waals surface area contributed by atoms with Crippen molar-refractivity contribution < 1.29 is 19.4 Å². The fourth-order valence-corrected chi connectivity index (χ4v) is 1.78. The van der Waals surface area contributed by atoms with E-state index in [1.54, 1.807) is 6.07 Å². The normalized spacial score (nSPS) is 20.3. The van der Waals surface area contributed by atoms with Gasteiger partial charge in [-0.3, -0.25) is 4.79 Å². The second-order valence-corrected chi connectivity index (χ2v) is 3.72. The number of aliphatic hydroxyl groups is 1. The minimum atomic E-state index is -2.60. The van der Waals surface area contributed by atoms with Crippen molar-refractivity contribution in [1.29, 1.82) is 15.8 Å². The number of rotatable bonds is 2. The van der Waals surface area contributed by atoms with Crippen LogP contribution >= 0.6 is 0 Å². The molecule has 0 aromatic carbocycles. The van der Waals surface area contributed by atoms with Crippen LogP contribution in [0.3, 0.4) is 0 Å². The summed E-state index contributed by atoms with van der Waals surface area (Å²) in [6, 6.07) is 4.61. The van der Waals surface area contributed by atoms with Crippen LogP contribution in [0.2, 0.25) is 0 Å². The minimum absolute atomic E-state index is 0.379. The van der Waals surface area contributed by atoms with Crippen LogP contribution in [0.25, 0.3) is 0 Å². The zero-order valence-corrected chi connectivity index (χ0v) is 10.5. The number of ketones is 1. The number of allylic oxidation sites excluding steroid dienone is 2. The number of methoxy groups -OCH3 is 1. The van der Waals surface area contributed by atoms with Gasteiger partial charge in [0.25, 0.3) is 5.72 Å². The van der Waals surface area contributed by atoms with Crippen molar-refractivity contribution in [1.82, 2.24) is 5.32 Å². The summed E-state index contributed by atoms with van der Waals surface area (Å²) in [7, 11) is 0.975. The molecule has 0 aromatic heterocycles. The number of esters is 1. The predicted octanol–water partition coefficient (Wildman–Crippen LogP) is -0.838. The Labute approximate surface area is 113 Å². The van der Waals surface area contributed by atoms with Crippen molar-refractivity contribution in [2.45, 2.75) is 12.6 Å². The first-order chi connectivity index (χ1) is 9.37. The number of Topliss-reactive ketones (excluding diaryl/α,β-unsaturated/α-hetero) is 1. The quantitative estimate of drug-likeness (QED) is 0.488. The van der Waals surface area contributed by atoms with Crippen LogP contribution in [-0.4, -0.2) is 29.7 Å². The summed E-state index contributed by atoms with van der Waals surface area (Å²) in [6.07, 6.45) is 0. The molecule has 20 heavy (non-hydrogen) atoms. The molecule has 8 nitrogen and oxygen atoms in total. The van der Waals surface area contributed by atoms with Gasteiger partial charge in [-0.2, -0.15) is 15.8 Å². The largest absolute Gasteiger partial charge is 0.465 e. The SMILES string of the molecule is COC(=O)C1(O)NC(=C(C#N)C#N)C(C#N)=C1C(C)=O. The highest BCUT2D eigenvalue weighted by Crippen LogP contribution is 2.33. The molecular weight excluding hydrogens is 264 g/mol. The molecule has 1 aliphatic rings. The lowest BCUT2D eigenvalue weighted by Crippen LogP contribution is -2.51. The van der Waals surface area contributed by atoms with E-state index < -0.39 is 34.2 Å². The smallest absolute Gasteiger partial charge is 0.364 e.